The molecule has 8 atom stereocenters. The summed E-state index contributed by atoms with van der Waals surface area (Å²) < 4.78 is 35.3. The molecule has 6 heteroatoms. The van der Waals surface area contributed by atoms with Gasteiger partial charge in [0.25, 0.3) is 5.91 Å². The summed E-state index contributed by atoms with van der Waals surface area (Å²) in [5.41, 5.74) is 1.68. The number of halogens is 2. The highest BCUT2D eigenvalue weighted by molar-refractivity contribution is 5.98. The van der Waals surface area contributed by atoms with E-state index in [4.69, 9.17) is 4.74 Å². The second kappa shape index (κ2) is 9.47. The molecule has 0 aromatic heterocycles. The normalized spacial score (nSPS) is 38.5. The Morgan fingerprint density at radius 2 is 1.77 bits per heavy atom. The van der Waals surface area contributed by atoms with Crippen LogP contribution in [0.2, 0.25) is 0 Å². The average molecular weight is 548 g/mol. The van der Waals surface area contributed by atoms with Gasteiger partial charge in [-0.15, -0.1) is 0 Å². The summed E-state index contributed by atoms with van der Waals surface area (Å²) >= 11 is 0. The highest BCUT2D eigenvalue weighted by Gasteiger charge is 2.60. The van der Waals surface area contributed by atoms with E-state index in [1.54, 1.807) is 11.0 Å². The van der Waals surface area contributed by atoms with E-state index >= 15 is 0 Å². The molecule has 2 aromatic carbocycles. The van der Waals surface area contributed by atoms with Gasteiger partial charge in [-0.1, -0.05) is 32.0 Å². The fraction of sp³-hybridized carbons (Fsp3) is 0.588. The third-order valence-electron chi connectivity index (χ3n) is 12.0. The molecule has 4 fully saturated rings. The third kappa shape index (κ3) is 3.92. The number of carbonyl (C=O) groups is 2. The number of rotatable bonds is 4. The van der Waals surface area contributed by atoms with Crippen LogP contribution in [0.15, 0.2) is 42.5 Å². The van der Waals surface area contributed by atoms with Crippen molar-refractivity contribution in [1.82, 2.24) is 4.90 Å². The Hall–Kier alpha value is -2.60. The number of amides is 1. The molecule has 0 bridgehead atoms. The Bertz CT molecular complexity index is 1360. The summed E-state index contributed by atoms with van der Waals surface area (Å²) in [6.45, 7) is 4.69. The molecule has 0 saturated heterocycles. The summed E-state index contributed by atoms with van der Waals surface area (Å²) in [5, 5.41) is 0. The zero-order valence-electron chi connectivity index (χ0n) is 23.5. The number of nitrogens with zero attached hydrogens (tertiary/aromatic N) is 1. The molecule has 0 spiro atoms. The zero-order chi connectivity index (χ0) is 27.8. The van der Waals surface area contributed by atoms with Gasteiger partial charge in [-0.25, -0.2) is 8.78 Å². The lowest BCUT2D eigenvalue weighted by Gasteiger charge is -2.60. The van der Waals surface area contributed by atoms with E-state index in [0.717, 1.165) is 69.1 Å². The van der Waals surface area contributed by atoms with Gasteiger partial charge in [0.15, 0.2) is 6.23 Å². The van der Waals surface area contributed by atoms with Crippen molar-refractivity contribution in [3.05, 3.63) is 70.8 Å². The number of hydrogen-bond acceptors (Lipinski definition) is 3. The summed E-state index contributed by atoms with van der Waals surface area (Å²) in [6.07, 6.45) is 8.72. The van der Waals surface area contributed by atoms with Crippen LogP contribution in [0.5, 0.6) is 0 Å². The molecule has 0 radical (unpaired) electrons. The van der Waals surface area contributed by atoms with Crippen molar-refractivity contribution in [2.45, 2.75) is 90.5 Å². The van der Waals surface area contributed by atoms with Crippen LogP contribution in [0.4, 0.5) is 8.78 Å². The largest absolute Gasteiger partial charge is 0.351 e. The Labute approximate surface area is 235 Å². The first kappa shape index (κ1) is 26.3. The molecule has 2 unspecified atom stereocenters. The van der Waals surface area contributed by atoms with E-state index in [0.29, 0.717) is 35.0 Å². The van der Waals surface area contributed by atoms with Gasteiger partial charge >= 0.3 is 0 Å². The van der Waals surface area contributed by atoms with Gasteiger partial charge < -0.3 is 9.64 Å². The van der Waals surface area contributed by atoms with Crippen LogP contribution < -0.4 is 0 Å². The standard InChI is InChI=1S/C34H39F2NO3/c1-33-15-13-23(18-21(33)7-9-26-27-10-12-30(38)34(27,2)16-14-28(26)33)40-32-25-6-4-3-5-24(25)31(39)37(32)19-20-17-22(35)8-11-29(20)36/h3-6,8,11,17,21,23,26-28,32H,7,9-10,12-16,18-19H2,1-2H3/t21-,23?,26-,27-,28-,32?,33-,34-/m0/s1. The first-order valence-corrected chi connectivity index (χ1v) is 15.2. The molecule has 4 saturated carbocycles. The van der Waals surface area contributed by atoms with E-state index in [-0.39, 0.29) is 34.9 Å². The lowest BCUT2D eigenvalue weighted by Crippen LogP contribution is -2.54. The second-order valence-electron chi connectivity index (χ2n) is 13.7. The Kier molecular flexibility index (Phi) is 6.23. The molecule has 1 aliphatic heterocycles. The minimum Gasteiger partial charge on any atom is -0.351 e. The predicted octanol–water partition coefficient (Wildman–Crippen LogP) is 7.62. The monoisotopic (exact) mass is 547 g/mol. The van der Waals surface area contributed by atoms with E-state index in [1.807, 2.05) is 18.2 Å². The molecule has 0 N–H and O–H groups in total. The van der Waals surface area contributed by atoms with Crippen molar-refractivity contribution >= 4 is 11.7 Å². The second-order valence-corrected chi connectivity index (χ2v) is 13.7. The molecule has 5 aliphatic rings. The number of benzene rings is 2. The first-order chi connectivity index (χ1) is 19.2. The highest BCUT2D eigenvalue weighted by Crippen LogP contribution is 2.65. The lowest BCUT2D eigenvalue weighted by molar-refractivity contribution is -0.159. The van der Waals surface area contributed by atoms with Crippen molar-refractivity contribution in [2.75, 3.05) is 0 Å². The fourth-order valence-corrected chi connectivity index (χ4v) is 9.78. The topological polar surface area (TPSA) is 46.6 Å². The molecule has 1 amide bonds. The van der Waals surface area contributed by atoms with E-state index < -0.39 is 17.9 Å². The Morgan fingerprint density at radius 1 is 0.950 bits per heavy atom. The molecule has 7 rings (SSSR count). The van der Waals surface area contributed by atoms with Gasteiger partial charge in [0.05, 0.1) is 12.6 Å². The number of ether oxygens (including phenoxy) is 1. The molecule has 4 nitrogen and oxygen atoms in total. The van der Waals surface area contributed by atoms with Crippen molar-refractivity contribution in [3.8, 4) is 0 Å². The Morgan fingerprint density at radius 3 is 2.62 bits per heavy atom. The average Bonchev–Trinajstić information content (AvgIpc) is 3.39. The summed E-state index contributed by atoms with van der Waals surface area (Å²) in [4.78, 5) is 27.8. The van der Waals surface area contributed by atoms with Crippen molar-refractivity contribution in [1.29, 1.82) is 0 Å². The lowest BCUT2D eigenvalue weighted by atomic mass is 9.45. The molecular formula is C34H39F2NO3. The van der Waals surface area contributed by atoms with Crippen LogP contribution in [0, 0.1) is 46.1 Å². The van der Waals surface area contributed by atoms with E-state index in [9.17, 15) is 18.4 Å². The van der Waals surface area contributed by atoms with Crippen LogP contribution in [-0.4, -0.2) is 22.7 Å². The molecule has 212 valence electrons. The van der Waals surface area contributed by atoms with Crippen LogP contribution in [-0.2, 0) is 16.1 Å². The maximum Gasteiger partial charge on any atom is 0.256 e. The Balaban J connectivity index is 1.11. The minimum absolute atomic E-state index is 0.000326. The maximum atomic E-state index is 14.6. The molecule has 4 aliphatic carbocycles. The van der Waals surface area contributed by atoms with Crippen molar-refractivity contribution in [2.24, 2.45) is 34.5 Å². The quantitative estimate of drug-likeness (QED) is 0.396. The minimum atomic E-state index is -0.614. The van der Waals surface area contributed by atoms with Crippen LogP contribution in [0.3, 0.4) is 0 Å². The van der Waals surface area contributed by atoms with Crippen LogP contribution >= 0.6 is 0 Å². The number of fused-ring (bicyclic) bond motifs is 6. The number of hydrogen-bond donors (Lipinski definition) is 0. The fourth-order valence-electron chi connectivity index (χ4n) is 9.78. The number of Topliss-reactive ketones (excluding diaryl/α,β-unsaturated/α-hetero) is 1. The van der Waals surface area contributed by atoms with Gasteiger partial charge in [0.2, 0.25) is 0 Å². The van der Waals surface area contributed by atoms with Crippen LogP contribution in [0.25, 0.3) is 0 Å². The van der Waals surface area contributed by atoms with Gasteiger partial charge in [0.1, 0.15) is 17.4 Å². The first-order valence-electron chi connectivity index (χ1n) is 15.2. The summed E-state index contributed by atoms with van der Waals surface area (Å²) in [7, 11) is 0. The molecule has 1 heterocycles. The number of ketones is 1. The van der Waals surface area contributed by atoms with Gasteiger partial charge in [0, 0.05) is 28.5 Å². The van der Waals surface area contributed by atoms with Gasteiger partial charge in [-0.05, 0) is 105 Å². The smallest absolute Gasteiger partial charge is 0.256 e. The molecule has 2 aromatic rings. The van der Waals surface area contributed by atoms with Gasteiger partial charge in [-0.2, -0.15) is 0 Å². The summed E-state index contributed by atoms with van der Waals surface area (Å²) in [6, 6.07) is 10.8. The SMILES string of the molecule is C[C@]12CCC(OC3c4ccccc4C(=O)N3Cc3cc(F)ccc3F)C[C@@H]1CC[C@@H]1[C@@H]2CC[C@]2(C)C(=O)CC[C@@H]12. The third-order valence-corrected chi connectivity index (χ3v) is 12.0. The maximum absolute atomic E-state index is 14.6. The molecule has 40 heavy (non-hydrogen) atoms. The van der Waals surface area contributed by atoms with Crippen molar-refractivity contribution < 1.29 is 23.1 Å². The highest BCUT2D eigenvalue weighted by atomic mass is 19.1. The van der Waals surface area contributed by atoms with Crippen molar-refractivity contribution in [3.63, 3.8) is 0 Å². The predicted molar refractivity (Wildman–Crippen MR) is 147 cm³/mol. The van der Waals surface area contributed by atoms with Crippen LogP contribution in [0.1, 0.15) is 99.3 Å². The number of carbonyl (C=O) groups excluding carboxylic acids is 2. The van der Waals surface area contributed by atoms with E-state index in [1.165, 1.54) is 12.5 Å². The zero-order valence-corrected chi connectivity index (χ0v) is 23.5. The van der Waals surface area contributed by atoms with Gasteiger partial charge in [-0.3, -0.25) is 9.59 Å². The van der Waals surface area contributed by atoms with E-state index in [2.05, 4.69) is 13.8 Å². The molecular weight excluding hydrogens is 508 g/mol. The summed E-state index contributed by atoms with van der Waals surface area (Å²) in [5.74, 6) is 1.65.